The lowest BCUT2D eigenvalue weighted by Crippen LogP contribution is -2.08. The number of halogens is 2. The first-order valence-corrected chi connectivity index (χ1v) is 6.41. The third-order valence-corrected chi connectivity index (χ3v) is 2.75. The number of hydrogen-bond donors (Lipinski definition) is 2. The van der Waals surface area contributed by atoms with Crippen LogP contribution in [0.5, 0.6) is 5.75 Å². The molecule has 0 unspecified atom stereocenters. The van der Waals surface area contributed by atoms with Crippen molar-refractivity contribution in [3.63, 3.8) is 0 Å². The average molecular weight is 297 g/mol. The molecule has 0 fully saturated rings. The van der Waals surface area contributed by atoms with Crippen molar-refractivity contribution in [1.82, 2.24) is 9.97 Å². The van der Waals surface area contributed by atoms with Crippen LogP contribution in [0.15, 0.2) is 24.4 Å². The fraction of sp³-hybridized carbons (Fsp3) is 0.231. The summed E-state index contributed by atoms with van der Waals surface area (Å²) in [5, 5.41) is 3.08. The lowest BCUT2D eigenvalue weighted by Gasteiger charge is -2.13. The van der Waals surface area contributed by atoms with Crippen LogP contribution in [0.4, 0.5) is 15.9 Å². The van der Waals surface area contributed by atoms with E-state index in [9.17, 15) is 4.39 Å². The number of nitrogen functional groups attached to an aromatic ring is 1. The van der Waals surface area contributed by atoms with E-state index in [0.29, 0.717) is 30.2 Å². The molecule has 0 saturated heterocycles. The highest BCUT2D eigenvalue weighted by molar-refractivity contribution is 6.28. The molecular formula is C13H14ClFN4O. The minimum atomic E-state index is -0.403. The first-order valence-electron chi connectivity index (χ1n) is 6.04. The normalized spacial score (nSPS) is 10.3. The molecule has 3 N–H and O–H groups in total. The number of ether oxygens (including phenoxy) is 1. The van der Waals surface area contributed by atoms with Gasteiger partial charge in [0.15, 0.2) is 17.4 Å². The predicted octanol–water partition coefficient (Wildman–Crippen LogP) is 2.86. The number of nitrogens with zero attached hydrogens (tertiary/aromatic N) is 2. The maximum atomic E-state index is 13.7. The van der Waals surface area contributed by atoms with Crippen molar-refractivity contribution in [2.24, 2.45) is 0 Å². The molecule has 0 bridgehead atoms. The third kappa shape index (κ3) is 3.27. The molecule has 0 aliphatic carbocycles. The van der Waals surface area contributed by atoms with Crippen LogP contribution in [0, 0.1) is 5.82 Å². The van der Waals surface area contributed by atoms with Gasteiger partial charge in [0.2, 0.25) is 5.28 Å². The number of aromatic nitrogens is 2. The Morgan fingerprint density at radius 3 is 3.00 bits per heavy atom. The molecule has 0 aliphatic rings. The highest BCUT2D eigenvalue weighted by atomic mass is 35.5. The minimum absolute atomic E-state index is 0.0889. The fourth-order valence-electron chi connectivity index (χ4n) is 1.69. The topological polar surface area (TPSA) is 73.1 Å². The van der Waals surface area contributed by atoms with Crippen LogP contribution in [0.25, 0.3) is 0 Å². The summed E-state index contributed by atoms with van der Waals surface area (Å²) < 4.78 is 19.0. The van der Waals surface area contributed by atoms with Crippen LogP contribution >= 0.6 is 11.6 Å². The van der Waals surface area contributed by atoms with Gasteiger partial charge in [0.25, 0.3) is 0 Å². The standard InChI is InChI=1S/C13H14ClFN4O/c1-2-20-11-8(4-3-5-9(11)15)6-17-12-10(16)7-18-13(14)19-12/h3-5,7H,2,6,16H2,1H3,(H,17,18,19). The summed E-state index contributed by atoms with van der Waals surface area (Å²) in [5.41, 5.74) is 6.76. The van der Waals surface area contributed by atoms with E-state index in [-0.39, 0.29) is 11.0 Å². The molecule has 0 aliphatic heterocycles. The summed E-state index contributed by atoms with van der Waals surface area (Å²) in [7, 11) is 0. The molecule has 106 valence electrons. The van der Waals surface area contributed by atoms with Gasteiger partial charge in [-0.25, -0.2) is 9.37 Å². The summed E-state index contributed by atoms with van der Waals surface area (Å²) in [6.45, 7) is 2.49. The van der Waals surface area contributed by atoms with Gasteiger partial charge in [0.1, 0.15) is 0 Å². The van der Waals surface area contributed by atoms with E-state index >= 15 is 0 Å². The molecule has 7 heteroatoms. The van der Waals surface area contributed by atoms with Gasteiger partial charge < -0.3 is 15.8 Å². The number of nitrogens with one attached hydrogen (secondary N) is 1. The second-order valence-electron chi connectivity index (χ2n) is 3.96. The van der Waals surface area contributed by atoms with Gasteiger partial charge >= 0.3 is 0 Å². The fourth-order valence-corrected chi connectivity index (χ4v) is 1.82. The molecule has 20 heavy (non-hydrogen) atoms. The number of para-hydroxylation sites is 1. The molecule has 1 aromatic heterocycles. The molecule has 0 saturated carbocycles. The Hall–Kier alpha value is -2.08. The average Bonchev–Trinajstić information content (AvgIpc) is 2.43. The van der Waals surface area contributed by atoms with Crippen molar-refractivity contribution in [2.45, 2.75) is 13.5 Å². The lowest BCUT2D eigenvalue weighted by atomic mass is 10.2. The van der Waals surface area contributed by atoms with E-state index in [2.05, 4.69) is 15.3 Å². The molecular weight excluding hydrogens is 283 g/mol. The monoisotopic (exact) mass is 296 g/mol. The van der Waals surface area contributed by atoms with Crippen LogP contribution in [0.3, 0.4) is 0 Å². The number of nitrogens with two attached hydrogens (primary N) is 1. The molecule has 1 aromatic carbocycles. The molecule has 2 aromatic rings. The van der Waals surface area contributed by atoms with Gasteiger partial charge in [-0.1, -0.05) is 12.1 Å². The number of rotatable bonds is 5. The van der Waals surface area contributed by atoms with Gasteiger partial charge in [0.05, 0.1) is 18.5 Å². The summed E-state index contributed by atoms with van der Waals surface area (Å²) in [6.07, 6.45) is 1.41. The molecule has 0 spiro atoms. The van der Waals surface area contributed by atoms with Crippen molar-refractivity contribution in [1.29, 1.82) is 0 Å². The van der Waals surface area contributed by atoms with Gasteiger partial charge in [-0.05, 0) is 24.6 Å². The number of anilines is 2. The van der Waals surface area contributed by atoms with Crippen molar-refractivity contribution in [3.8, 4) is 5.75 Å². The Balaban J connectivity index is 2.18. The van der Waals surface area contributed by atoms with Gasteiger partial charge in [-0.15, -0.1) is 0 Å². The second kappa shape index (κ2) is 6.38. The zero-order valence-electron chi connectivity index (χ0n) is 10.9. The smallest absolute Gasteiger partial charge is 0.224 e. The zero-order valence-corrected chi connectivity index (χ0v) is 11.6. The molecule has 0 radical (unpaired) electrons. The van der Waals surface area contributed by atoms with E-state index in [1.807, 2.05) is 0 Å². The van der Waals surface area contributed by atoms with Crippen LogP contribution in [-0.2, 0) is 6.54 Å². The third-order valence-electron chi connectivity index (χ3n) is 2.57. The van der Waals surface area contributed by atoms with Crippen molar-refractivity contribution < 1.29 is 9.13 Å². The maximum absolute atomic E-state index is 13.7. The van der Waals surface area contributed by atoms with E-state index in [0.717, 1.165) is 0 Å². The summed E-state index contributed by atoms with van der Waals surface area (Å²) in [6, 6.07) is 4.73. The first kappa shape index (κ1) is 14.3. The van der Waals surface area contributed by atoms with Crippen LogP contribution in [0.2, 0.25) is 5.28 Å². The Bertz CT molecular complexity index is 609. The van der Waals surface area contributed by atoms with E-state index in [4.69, 9.17) is 22.1 Å². The maximum Gasteiger partial charge on any atom is 0.224 e. The van der Waals surface area contributed by atoms with Gasteiger partial charge in [-0.3, -0.25) is 0 Å². The molecule has 2 rings (SSSR count). The van der Waals surface area contributed by atoms with Crippen LogP contribution < -0.4 is 15.8 Å². The Morgan fingerprint density at radius 1 is 1.45 bits per heavy atom. The minimum Gasteiger partial charge on any atom is -0.490 e. The molecule has 1 heterocycles. The van der Waals surface area contributed by atoms with E-state index in [1.54, 1.807) is 19.1 Å². The lowest BCUT2D eigenvalue weighted by molar-refractivity contribution is 0.318. The predicted molar refractivity (Wildman–Crippen MR) is 76.4 cm³/mol. The summed E-state index contributed by atoms with van der Waals surface area (Å²) in [4.78, 5) is 7.73. The largest absolute Gasteiger partial charge is 0.490 e. The van der Waals surface area contributed by atoms with E-state index in [1.165, 1.54) is 12.3 Å². The van der Waals surface area contributed by atoms with Crippen LogP contribution in [0.1, 0.15) is 12.5 Å². The molecule has 5 nitrogen and oxygen atoms in total. The van der Waals surface area contributed by atoms with Crippen molar-refractivity contribution >= 4 is 23.1 Å². The van der Waals surface area contributed by atoms with Gasteiger partial charge in [0, 0.05) is 12.1 Å². The highest BCUT2D eigenvalue weighted by Crippen LogP contribution is 2.24. The molecule has 0 atom stereocenters. The first-order chi connectivity index (χ1) is 9.61. The zero-order chi connectivity index (χ0) is 14.5. The molecule has 0 amide bonds. The Labute approximate surface area is 120 Å². The summed E-state index contributed by atoms with van der Waals surface area (Å²) >= 11 is 5.70. The SMILES string of the molecule is CCOc1c(F)cccc1CNc1nc(Cl)ncc1N. The number of benzene rings is 1. The van der Waals surface area contributed by atoms with Crippen molar-refractivity contribution in [3.05, 3.63) is 41.1 Å². The van der Waals surface area contributed by atoms with Crippen LogP contribution in [-0.4, -0.2) is 16.6 Å². The Kier molecular flexibility index (Phi) is 4.57. The Morgan fingerprint density at radius 2 is 2.25 bits per heavy atom. The number of hydrogen-bond acceptors (Lipinski definition) is 5. The van der Waals surface area contributed by atoms with Gasteiger partial charge in [-0.2, -0.15) is 4.98 Å². The summed E-state index contributed by atoms with van der Waals surface area (Å²) in [5.74, 6) is 0.220. The quantitative estimate of drug-likeness (QED) is 0.830. The highest BCUT2D eigenvalue weighted by Gasteiger charge is 2.10. The van der Waals surface area contributed by atoms with Crippen molar-refractivity contribution in [2.75, 3.05) is 17.7 Å². The van der Waals surface area contributed by atoms with E-state index < -0.39 is 5.82 Å². The second-order valence-corrected chi connectivity index (χ2v) is 4.30.